The van der Waals surface area contributed by atoms with Crippen LogP contribution in [0.3, 0.4) is 0 Å². The molecule has 180 valence electrons. The lowest BCUT2D eigenvalue weighted by Gasteiger charge is -2.17. The summed E-state index contributed by atoms with van der Waals surface area (Å²) in [6, 6.07) is 18.2. The number of halogens is 2. The Morgan fingerprint density at radius 1 is 1.03 bits per heavy atom. The quantitative estimate of drug-likeness (QED) is 0.313. The van der Waals surface area contributed by atoms with Crippen LogP contribution in [0.15, 0.2) is 76.3 Å². The average molecular weight is 539 g/mol. The number of hydrogen-bond donors (Lipinski definition) is 2. The van der Waals surface area contributed by atoms with Gasteiger partial charge in [-0.1, -0.05) is 0 Å². The smallest absolute Gasteiger partial charge is 0.271 e. The van der Waals surface area contributed by atoms with E-state index in [9.17, 15) is 14.0 Å². The number of ether oxygens (including phenoxy) is 1. The molecule has 0 aromatic heterocycles. The molecule has 0 unspecified atom stereocenters. The highest BCUT2D eigenvalue weighted by Crippen LogP contribution is 2.25. The molecule has 7 nitrogen and oxygen atoms in total. The SMILES string of the molecule is O=C(COc1ccc(/C=N\NC(=O)c2ccc(N3CCCC3)cc2)cc1Br)Nc1ccc(F)cc1. The van der Waals surface area contributed by atoms with Gasteiger partial charge in [0.2, 0.25) is 0 Å². The molecule has 2 amide bonds. The molecule has 3 aromatic rings. The van der Waals surface area contributed by atoms with Gasteiger partial charge in [-0.3, -0.25) is 9.59 Å². The summed E-state index contributed by atoms with van der Waals surface area (Å²) in [6.07, 6.45) is 3.92. The minimum Gasteiger partial charge on any atom is -0.483 e. The van der Waals surface area contributed by atoms with E-state index in [0.717, 1.165) is 24.3 Å². The lowest BCUT2D eigenvalue weighted by atomic mass is 10.2. The van der Waals surface area contributed by atoms with Crippen LogP contribution in [-0.4, -0.2) is 37.7 Å². The number of benzene rings is 3. The van der Waals surface area contributed by atoms with Crippen LogP contribution in [0.5, 0.6) is 5.75 Å². The Morgan fingerprint density at radius 3 is 2.43 bits per heavy atom. The van der Waals surface area contributed by atoms with E-state index in [0.29, 0.717) is 21.5 Å². The predicted molar refractivity (Wildman–Crippen MR) is 138 cm³/mol. The van der Waals surface area contributed by atoms with Crippen molar-refractivity contribution in [3.63, 3.8) is 0 Å². The first-order chi connectivity index (χ1) is 17.0. The molecule has 35 heavy (non-hydrogen) atoms. The Bertz CT molecular complexity index is 1210. The summed E-state index contributed by atoms with van der Waals surface area (Å²) < 4.78 is 19.1. The summed E-state index contributed by atoms with van der Waals surface area (Å²) in [5.41, 5.74) is 5.40. The van der Waals surface area contributed by atoms with Crippen molar-refractivity contribution in [3.8, 4) is 5.75 Å². The van der Waals surface area contributed by atoms with Crippen molar-refractivity contribution in [2.75, 3.05) is 29.9 Å². The summed E-state index contributed by atoms with van der Waals surface area (Å²) in [5, 5.41) is 6.66. The largest absolute Gasteiger partial charge is 0.483 e. The maximum Gasteiger partial charge on any atom is 0.271 e. The topological polar surface area (TPSA) is 83.0 Å². The molecule has 0 radical (unpaired) electrons. The molecule has 4 rings (SSSR count). The standard InChI is InChI=1S/C26H24BrFN4O3/c27-23-15-18(3-12-24(23)35-17-25(33)30-21-8-6-20(28)7-9-21)16-29-31-26(34)19-4-10-22(11-5-19)32-13-1-2-14-32/h3-12,15-16H,1-2,13-14,17H2,(H,30,33)(H,31,34)/b29-16-. The van der Waals surface area contributed by atoms with Gasteiger partial charge in [-0.2, -0.15) is 5.10 Å². The number of hydrazone groups is 1. The zero-order valence-corrected chi connectivity index (χ0v) is 20.4. The molecule has 0 spiro atoms. The fourth-order valence-corrected chi connectivity index (χ4v) is 4.13. The van der Waals surface area contributed by atoms with Crippen LogP contribution in [0.4, 0.5) is 15.8 Å². The van der Waals surface area contributed by atoms with Crippen molar-refractivity contribution in [2.45, 2.75) is 12.8 Å². The first-order valence-corrected chi connectivity index (χ1v) is 11.9. The van der Waals surface area contributed by atoms with E-state index in [1.54, 1.807) is 30.3 Å². The van der Waals surface area contributed by atoms with Crippen LogP contribution in [0.1, 0.15) is 28.8 Å². The number of carbonyl (C=O) groups is 2. The van der Waals surface area contributed by atoms with Crippen molar-refractivity contribution in [2.24, 2.45) is 5.10 Å². The zero-order chi connectivity index (χ0) is 24.6. The van der Waals surface area contributed by atoms with Gasteiger partial charge < -0.3 is 15.0 Å². The molecule has 0 saturated carbocycles. The normalized spacial score (nSPS) is 13.1. The van der Waals surface area contributed by atoms with E-state index in [2.05, 4.69) is 36.7 Å². The summed E-state index contributed by atoms with van der Waals surface area (Å²) >= 11 is 3.41. The van der Waals surface area contributed by atoms with E-state index in [-0.39, 0.29) is 24.2 Å². The third-order valence-electron chi connectivity index (χ3n) is 5.42. The van der Waals surface area contributed by atoms with Crippen molar-refractivity contribution in [3.05, 3.63) is 88.1 Å². The van der Waals surface area contributed by atoms with Gasteiger partial charge in [-0.25, -0.2) is 9.82 Å². The highest BCUT2D eigenvalue weighted by Gasteiger charge is 2.13. The second-order valence-electron chi connectivity index (χ2n) is 7.97. The van der Waals surface area contributed by atoms with E-state index < -0.39 is 0 Å². The predicted octanol–water partition coefficient (Wildman–Crippen LogP) is 4.97. The Labute approximate surface area is 211 Å². The molecule has 0 bridgehead atoms. The summed E-state index contributed by atoms with van der Waals surface area (Å²) in [7, 11) is 0. The van der Waals surface area contributed by atoms with Crippen LogP contribution in [0, 0.1) is 5.82 Å². The number of nitrogens with zero attached hydrogens (tertiary/aromatic N) is 2. The number of hydrogen-bond acceptors (Lipinski definition) is 5. The molecule has 2 N–H and O–H groups in total. The monoisotopic (exact) mass is 538 g/mol. The van der Waals surface area contributed by atoms with Gasteiger partial charge in [0.1, 0.15) is 11.6 Å². The molecule has 9 heteroatoms. The second-order valence-corrected chi connectivity index (χ2v) is 8.83. The summed E-state index contributed by atoms with van der Waals surface area (Å²) in [6.45, 7) is 1.90. The van der Waals surface area contributed by atoms with Crippen LogP contribution < -0.4 is 20.4 Å². The molecule has 1 fully saturated rings. The van der Waals surface area contributed by atoms with E-state index in [4.69, 9.17) is 4.74 Å². The molecule has 1 saturated heterocycles. The molecule has 3 aromatic carbocycles. The fourth-order valence-electron chi connectivity index (χ4n) is 3.62. The van der Waals surface area contributed by atoms with E-state index in [1.165, 1.54) is 43.3 Å². The molecular weight excluding hydrogens is 515 g/mol. The van der Waals surface area contributed by atoms with E-state index >= 15 is 0 Å². The summed E-state index contributed by atoms with van der Waals surface area (Å²) in [4.78, 5) is 26.7. The number of amides is 2. The van der Waals surface area contributed by atoms with Gasteiger partial charge in [0, 0.05) is 30.0 Å². The summed E-state index contributed by atoms with van der Waals surface area (Å²) in [5.74, 6) is -0.567. The number of carbonyl (C=O) groups excluding carboxylic acids is 2. The minimum atomic E-state index is -0.377. The van der Waals surface area contributed by atoms with Crippen LogP contribution in [0.2, 0.25) is 0 Å². The van der Waals surface area contributed by atoms with Crippen molar-refractivity contribution < 1.29 is 18.7 Å². The zero-order valence-electron chi connectivity index (χ0n) is 18.8. The van der Waals surface area contributed by atoms with Crippen LogP contribution >= 0.6 is 15.9 Å². The van der Waals surface area contributed by atoms with Gasteiger partial charge >= 0.3 is 0 Å². The van der Waals surface area contributed by atoms with Gasteiger partial charge in [0.05, 0.1) is 10.7 Å². The van der Waals surface area contributed by atoms with Gasteiger partial charge in [-0.05, 0) is 101 Å². The van der Waals surface area contributed by atoms with Crippen molar-refractivity contribution >= 4 is 45.3 Å². The van der Waals surface area contributed by atoms with Crippen molar-refractivity contribution in [1.29, 1.82) is 0 Å². The maximum atomic E-state index is 13.0. The average Bonchev–Trinajstić information content (AvgIpc) is 3.40. The highest BCUT2D eigenvalue weighted by atomic mass is 79.9. The third kappa shape index (κ3) is 6.89. The van der Waals surface area contributed by atoms with Gasteiger partial charge in [0.15, 0.2) is 6.61 Å². The highest BCUT2D eigenvalue weighted by molar-refractivity contribution is 9.10. The molecule has 1 aliphatic heterocycles. The van der Waals surface area contributed by atoms with Crippen LogP contribution in [-0.2, 0) is 4.79 Å². The molecule has 0 aliphatic carbocycles. The first-order valence-electron chi connectivity index (χ1n) is 11.1. The first kappa shape index (κ1) is 24.4. The van der Waals surface area contributed by atoms with Gasteiger partial charge in [-0.15, -0.1) is 0 Å². The Hall–Kier alpha value is -3.72. The maximum absolute atomic E-state index is 13.0. The lowest BCUT2D eigenvalue weighted by molar-refractivity contribution is -0.118. The number of anilines is 2. The lowest BCUT2D eigenvalue weighted by Crippen LogP contribution is -2.20. The molecular formula is C26H24BrFN4O3. The molecule has 1 aliphatic rings. The fraction of sp³-hybridized carbons (Fsp3) is 0.192. The number of rotatable bonds is 8. The van der Waals surface area contributed by atoms with Crippen molar-refractivity contribution in [1.82, 2.24) is 5.43 Å². The number of nitrogens with one attached hydrogen (secondary N) is 2. The second kappa shape index (κ2) is 11.6. The Kier molecular flexibility index (Phi) is 8.10. The van der Waals surface area contributed by atoms with E-state index in [1.807, 2.05) is 12.1 Å². The third-order valence-corrected chi connectivity index (χ3v) is 6.04. The molecule has 1 heterocycles. The Morgan fingerprint density at radius 2 is 1.74 bits per heavy atom. The Balaban J connectivity index is 1.26. The molecule has 0 atom stereocenters. The minimum absolute atomic E-state index is 0.212. The van der Waals surface area contributed by atoms with Gasteiger partial charge in [0.25, 0.3) is 11.8 Å². The van der Waals surface area contributed by atoms with Crippen LogP contribution in [0.25, 0.3) is 0 Å².